The number of hydrogen-bond acceptors (Lipinski definition) is 6. The van der Waals surface area contributed by atoms with E-state index in [-0.39, 0.29) is 11.8 Å². The van der Waals surface area contributed by atoms with Crippen LogP contribution < -0.4 is 0 Å². The first-order valence-corrected chi connectivity index (χ1v) is 8.41. The Morgan fingerprint density at radius 2 is 1.92 bits per heavy atom. The second-order valence-electron chi connectivity index (χ2n) is 6.18. The third-order valence-electron chi connectivity index (χ3n) is 4.56. The summed E-state index contributed by atoms with van der Waals surface area (Å²) in [5.74, 6) is 1.63. The van der Waals surface area contributed by atoms with Crippen LogP contribution >= 0.6 is 0 Å². The summed E-state index contributed by atoms with van der Waals surface area (Å²) >= 11 is 0. The molecule has 3 aromatic rings. The van der Waals surface area contributed by atoms with Crippen LogP contribution in [-0.4, -0.2) is 34.1 Å². The molecule has 7 heteroatoms. The topological polar surface area (TPSA) is 96.2 Å². The number of amides is 1. The molecule has 0 atom stereocenters. The number of carbonyl (C=O) groups is 1. The molecule has 130 valence electrons. The molecule has 0 bridgehead atoms. The van der Waals surface area contributed by atoms with E-state index in [4.69, 9.17) is 14.1 Å². The van der Waals surface area contributed by atoms with Gasteiger partial charge < -0.3 is 13.7 Å². The Hall–Kier alpha value is -3.40. The lowest BCUT2D eigenvalue weighted by Gasteiger charge is -2.30. The molecule has 1 aliphatic rings. The molecular formula is C19H16N4O3. The van der Waals surface area contributed by atoms with E-state index in [2.05, 4.69) is 16.3 Å². The summed E-state index contributed by atoms with van der Waals surface area (Å²) < 4.78 is 11.0. The van der Waals surface area contributed by atoms with Gasteiger partial charge >= 0.3 is 0 Å². The first kappa shape index (κ1) is 16.1. The van der Waals surface area contributed by atoms with E-state index in [1.165, 1.54) is 0 Å². The molecule has 1 saturated heterocycles. The third-order valence-corrected chi connectivity index (χ3v) is 4.56. The highest BCUT2D eigenvalue weighted by Gasteiger charge is 2.28. The molecule has 1 fully saturated rings. The molecule has 4 rings (SSSR count). The van der Waals surface area contributed by atoms with Crippen LogP contribution in [0.15, 0.2) is 51.5 Å². The number of nitriles is 1. The third kappa shape index (κ3) is 3.09. The standard InChI is InChI=1S/C19H16N4O3/c20-12-13-3-5-15(6-4-13)19(24)23-9-7-14(8-10-23)17-21-22-18(26-17)16-2-1-11-25-16/h1-6,11,14H,7-10H2. The highest BCUT2D eigenvalue weighted by Crippen LogP contribution is 2.30. The molecule has 0 N–H and O–H groups in total. The fourth-order valence-electron chi connectivity index (χ4n) is 3.10. The highest BCUT2D eigenvalue weighted by molar-refractivity contribution is 5.94. The predicted octanol–water partition coefficient (Wildman–Crippen LogP) is 3.22. The lowest BCUT2D eigenvalue weighted by Crippen LogP contribution is -2.38. The van der Waals surface area contributed by atoms with Crippen LogP contribution in [0.5, 0.6) is 0 Å². The molecular weight excluding hydrogens is 332 g/mol. The minimum Gasteiger partial charge on any atom is -0.459 e. The summed E-state index contributed by atoms with van der Waals surface area (Å²) in [6.45, 7) is 1.25. The van der Waals surface area contributed by atoms with Crippen LogP contribution in [0.3, 0.4) is 0 Å². The van der Waals surface area contributed by atoms with Gasteiger partial charge in [-0.3, -0.25) is 4.79 Å². The Morgan fingerprint density at radius 3 is 2.58 bits per heavy atom. The Labute approximate surface area is 149 Å². The van der Waals surface area contributed by atoms with Crippen molar-refractivity contribution in [2.45, 2.75) is 18.8 Å². The lowest BCUT2D eigenvalue weighted by molar-refractivity contribution is 0.0706. The molecule has 26 heavy (non-hydrogen) atoms. The van der Waals surface area contributed by atoms with Crippen molar-refractivity contribution < 1.29 is 13.6 Å². The first-order valence-electron chi connectivity index (χ1n) is 8.41. The van der Waals surface area contributed by atoms with Gasteiger partial charge in [0.2, 0.25) is 5.89 Å². The molecule has 7 nitrogen and oxygen atoms in total. The van der Waals surface area contributed by atoms with Crippen molar-refractivity contribution in [2.24, 2.45) is 0 Å². The summed E-state index contributed by atoms with van der Waals surface area (Å²) in [4.78, 5) is 14.4. The van der Waals surface area contributed by atoms with E-state index in [1.807, 2.05) is 4.90 Å². The first-order chi connectivity index (χ1) is 12.7. The fourth-order valence-corrected chi connectivity index (χ4v) is 3.10. The number of piperidine rings is 1. The van der Waals surface area contributed by atoms with Crippen LogP contribution in [0.25, 0.3) is 11.7 Å². The van der Waals surface area contributed by atoms with Crippen LogP contribution in [-0.2, 0) is 0 Å². The van der Waals surface area contributed by atoms with Crippen molar-refractivity contribution in [2.75, 3.05) is 13.1 Å². The Kier molecular flexibility index (Phi) is 4.23. The normalized spacial score (nSPS) is 15.0. The van der Waals surface area contributed by atoms with Crippen molar-refractivity contribution in [1.82, 2.24) is 15.1 Å². The minimum absolute atomic E-state index is 0.0188. The van der Waals surface area contributed by atoms with E-state index >= 15 is 0 Å². The van der Waals surface area contributed by atoms with Gasteiger partial charge in [-0.2, -0.15) is 5.26 Å². The zero-order valence-electron chi connectivity index (χ0n) is 14.0. The highest BCUT2D eigenvalue weighted by atomic mass is 16.4. The smallest absolute Gasteiger partial charge is 0.283 e. The van der Waals surface area contributed by atoms with E-state index in [1.54, 1.807) is 42.7 Å². The van der Waals surface area contributed by atoms with Gasteiger partial charge in [-0.1, -0.05) is 0 Å². The number of furan rings is 1. The number of carbonyl (C=O) groups excluding carboxylic acids is 1. The van der Waals surface area contributed by atoms with Gasteiger partial charge in [0.1, 0.15) is 0 Å². The molecule has 0 unspecified atom stereocenters. The maximum absolute atomic E-state index is 12.6. The second-order valence-corrected chi connectivity index (χ2v) is 6.18. The minimum atomic E-state index is -0.0188. The summed E-state index contributed by atoms with van der Waals surface area (Å²) in [5, 5.41) is 17.0. The average Bonchev–Trinajstić information content (AvgIpc) is 3.39. The van der Waals surface area contributed by atoms with Gasteiger partial charge in [0.15, 0.2) is 5.76 Å². The van der Waals surface area contributed by atoms with Gasteiger partial charge in [-0.15, -0.1) is 10.2 Å². The molecule has 3 heterocycles. The zero-order valence-corrected chi connectivity index (χ0v) is 14.0. The fraction of sp³-hybridized carbons (Fsp3) is 0.263. The van der Waals surface area contributed by atoms with Crippen LogP contribution in [0, 0.1) is 11.3 Å². The van der Waals surface area contributed by atoms with Gasteiger partial charge in [0.05, 0.1) is 17.9 Å². The van der Waals surface area contributed by atoms with Crippen molar-refractivity contribution in [3.63, 3.8) is 0 Å². The molecule has 0 saturated carbocycles. The Bertz CT molecular complexity index is 930. The van der Waals surface area contributed by atoms with Crippen LogP contribution in [0.2, 0.25) is 0 Å². The van der Waals surface area contributed by atoms with Crippen LogP contribution in [0.1, 0.15) is 40.6 Å². The number of hydrogen-bond donors (Lipinski definition) is 0. The number of benzene rings is 1. The summed E-state index contributed by atoms with van der Waals surface area (Å²) in [6.07, 6.45) is 3.09. The molecule has 1 amide bonds. The van der Waals surface area contributed by atoms with Crippen molar-refractivity contribution >= 4 is 5.91 Å². The van der Waals surface area contributed by atoms with Gasteiger partial charge in [-0.05, 0) is 49.2 Å². The summed E-state index contributed by atoms with van der Waals surface area (Å²) in [5.41, 5.74) is 1.14. The van der Waals surface area contributed by atoms with Gasteiger partial charge in [0.25, 0.3) is 11.8 Å². The van der Waals surface area contributed by atoms with E-state index in [9.17, 15) is 4.79 Å². The zero-order chi connectivity index (χ0) is 17.9. The van der Waals surface area contributed by atoms with Crippen LogP contribution in [0.4, 0.5) is 0 Å². The van der Waals surface area contributed by atoms with Crippen molar-refractivity contribution in [3.05, 3.63) is 59.7 Å². The molecule has 0 radical (unpaired) electrons. The molecule has 0 spiro atoms. The maximum atomic E-state index is 12.6. The predicted molar refractivity (Wildman–Crippen MR) is 91.0 cm³/mol. The van der Waals surface area contributed by atoms with Crippen molar-refractivity contribution in [3.8, 4) is 17.7 Å². The maximum Gasteiger partial charge on any atom is 0.283 e. The summed E-state index contributed by atoms with van der Waals surface area (Å²) in [7, 11) is 0. The number of likely N-dealkylation sites (tertiary alicyclic amines) is 1. The van der Waals surface area contributed by atoms with E-state index in [0.29, 0.717) is 41.8 Å². The second kappa shape index (κ2) is 6.84. The van der Waals surface area contributed by atoms with Gasteiger partial charge in [0, 0.05) is 24.6 Å². The Morgan fingerprint density at radius 1 is 1.15 bits per heavy atom. The number of rotatable bonds is 3. The molecule has 0 aliphatic carbocycles. The average molecular weight is 348 g/mol. The number of aromatic nitrogens is 2. The molecule has 1 aromatic carbocycles. The summed E-state index contributed by atoms with van der Waals surface area (Å²) in [6, 6.07) is 12.3. The molecule has 1 aliphatic heterocycles. The van der Waals surface area contributed by atoms with Crippen molar-refractivity contribution in [1.29, 1.82) is 5.26 Å². The molecule has 2 aromatic heterocycles. The van der Waals surface area contributed by atoms with Gasteiger partial charge in [-0.25, -0.2) is 0 Å². The lowest BCUT2D eigenvalue weighted by atomic mass is 9.96. The monoisotopic (exact) mass is 348 g/mol. The Balaban J connectivity index is 1.39. The van der Waals surface area contributed by atoms with E-state index in [0.717, 1.165) is 12.8 Å². The SMILES string of the molecule is N#Cc1ccc(C(=O)N2CCC(c3nnc(-c4ccco4)o3)CC2)cc1. The van der Waals surface area contributed by atoms with E-state index < -0.39 is 0 Å². The quantitative estimate of drug-likeness (QED) is 0.721. The number of nitrogens with zero attached hydrogens (tertiary/aromatic N) is 4. The largest absolute Gasteiger partial charge is 0.459 e.